The lowest BCUT2D eigenvalue weighted by molar-refractivity contribution is -0.384. The van der Waals surface area contributed by atoms with E-state index in [4.69, 9.17) is 5.14 Å². The minimum atomic E-state index is -4.03. The summed E-state index contributed by atoms with van der Waals surface area (Å²) in [5.41, 5.74) is 1.46. The molecule has 3 rings (SSSR count). The number of nitro groups is 1. The van der Waals surface area contributed by atoms with E-state index >= 15 is 0 Å². The van der Waals surface area contributed by atoms with Crippen molar-refractivity contribution in [2.24, 2.45) is 5.14 Å². The highest BCUT2D eigenvalue weighted by atomic mass is 32.2. The van der Waals surface area contributed by atoms with E-state index in [1.807, 2.05) is 0 Å². The molecule has 0 spiro atoms. The number of sulfonamides is 1. The topological polar surface area (TPSA) is 164 Å². The molecule has 0 saturated heterocycles. The van der Waals surface area contributed by atoms with E-state index in [2.05, 4.69) is 15.3 Å². The van der Waals surface area contributed by atoms with Gasteiger partial charge in [0.2, 0.25) is 10.0 Å². The number of hydrogen-bond acceptors (Lipinski definition) is 6. The first-order chi connectivity index (χ1) is 11.7. The SMILES string of the molecule is NS(=O)(=O)c1ccc(NCc2ccc3[nH]c(=O)[nH]c3c2)c([N+](=O)[O-])c1. The highest BCUT2D eigenvalue weighted by molar-refractivity contribution is 7.89. The fraction of sp³-hybridized carbons (Fsp3) is 0.0714. The molecule has 0 radical (unpaired) electrons. The molecule has 1 heterocycles. The summed E-state index contributed by atoms with van der Waals surface area (Å²) in [4.78, 5) is 26.6. The maximum atomic E-state index is 11.3. The first-order valence-electron chi connectivity index (χ1n) is 7.00. The van der Waals surface area contributed by atoms with Crippen LogP contribution in [0, 0.1) is 10.1 Å². The number of nitrogens with zero attached hydrogens (tertiary/aromatic N) is 1. The third-order valence-electron chi connectivity index (χ3n) is 3.56. The molecule has 3 aromatic rings. The first-order valence-corrected chi connectivity index (χ1v) is 8.55. The molecule has 25 heavy (non-hydrogen) atoms. The number of nitrogens with one attached hydrogen (secondary N) is 3. The summed E-state index contributed by atoms with van der Waals surface area (Å²) in [6, 6.07) is 8.58. The molecule has 0 aliphatic rings. The number of H-pyrrole nitrogens is 2. The van der Waals surface area contributed by atoms with E-state index in [1.54, 1.807) is 18.2 Å². The van der Waals surface area contributed by atoms with Crippen LogP contribution in [0.3, 0.4) is 0 Å². The number of rotatable bonds is 5. The summed E-state index contributed by atoms with van der Waals surface area (Å²) in [5, 5.41) is 19.1. The second-order valence-corrected chi connectivity index (χ2v) is 6.86. The zero-order valence-electron chi connectivity index (χ0n) is 12.6. The van der Waals surface area contributed by atoms with Gasteiger partial charge in [0.1, 0.15) is 5.69 Å². The van der Waals surface area contributed by atoms with Gasteiger partial charge in [0.15, 0.2) is 0 Å². The Morgan fingerprint density at radius 2 is 1.84 bits per heavy atom. The van der Waals surface area contributed by atoms with Crippen LogP contribution in [-0.4, -0.2) is 23.3 Å². The van der Waals surface area contributed by atoms with Gasteiger partial charge in [-0.1, -0.05) is 6.07 Å². The van der Waals surface area contributed by atoms with Crippen LogP contribution in [0.4, 0.5) is 11.4 Å². The monoisotopic (exact) mass is 363 g/mol. The molecule has 2 aromatic carbocycles. The molecule has 130 valence electrons. The van der Waals surface area contributed by atoms with E-state index in [9.17, 15) is 23.3 Å². The molecule has 0 atom stereocenters. The van der Waals surface area contributed by atoms with Gasteiger partial charge in [-0.3, -0.25) is 10.1 Å². The third-order valence-corrected chi connectivity index (χ3v) is 4.47. The van der Waals surface area contributed by atoms with E-state index in [0.717, 1.165) is 11.6 Å². The molecule has 0 unspecified atom stereocenters. The van der Waals surface area contributed by atoms with Gasteiger partial charge < -0.3 is 15.3 Å². The van der Waals surface area contributed by atoms with Crippen molar-refractivity contribution in [1.82, 2.24) is 9.97 Å². The molecule has 0 amide bonds. The summed E-state index contributed by atoms with van der Waals surface area (Å²) < 4.78 is 22.7. The van der Waals surface area contributed by atoms with Crippen LogP contribution < -0.4 is 16.1 Å². The first kappa shape index (κ1) is 16.7. The molecule has 0 saturated carbocycles. The van der Waals surface area contributed by atoms with Gasteiger partial charge in [-0.05, 0) is 29.8 Å². The maximum absolute atomic E-state index is 11.3. The van der Waals surface area contributed by atoms with E-state index < -0.39 is 20.6 Å². The van der Waals surface area contributed by atoms with Crippen molar-refractivity contribution in [2.45, 2.75) is 11.4 Å². The van der Waals surface area contributed by atoms with Gasteiger partial charge in [0.25, 0.3) is 5.69 Å². The highest BCUT2D eigenvalue weighted by Gasteiger charge is 2.18. The molecule has 0 bridgehead atoms. The Morgan fingerprint density at radius 1 is 1.12 bits per heavy atom. The normalized spacial score (nSPS) is 11.6. The third kappa shape index (κ3) is 3.51. The smallest absolute Gasteiger partial charge is 0.323 e. The Labute approximate surface area is 140 Å². The number of anilines is 1. The lowest BCUT2D eigenvalue weighted by Crippen LogP contribution is -2.13. The number of aromatic amines is 2. The van der Waals surface area contributed by atoms with Gasteiger partial charge in [0, 0.05) is 12.6 Å². The van der Waals surface area contributed by atoms with Gasteiger partial charge in [-0.2, -0.15) is 0 Å². The molecule has 0 aliphatic carbocycles. The quantitative estimate of drug-likeness (QED) is 0.390. The van der Waals surface area contributed by atoms with Crippen molar-refractivity contribution in [3.8, 4) is 0 Å². The largest absolute Gasteiger partial charge is 0.375 e. The van der Waals surface area contributed by atoms with E-state index in [0.29, 0.717) is 11.0 Å². The predicted octanol–water partition coefficient (Wildman–Crippen LogP) is 1.02. The number of nitro benzene ring substituents is 1. The lowest BCUT2D eigenvalue weighted by Gasteiger charge is -2.08. The van der Waals surface area contributed by atoms with Gasteiger partial charge >= 0.3 is 5.69 Å². The van der Waals surface area contributed by atoms with Crippen molar-refractivity contribution < 1.29 is 13.3 Å². The number of hydrogen-bond donors (Lipinski definition) is 4. The second kappa shape index (κ2) is 6.03. The van der Waals surface area contributed by atoms with Crippen LogP contribution >= 0.6 is 0 Å². The Morgan fingerprint density at radius 3 is 2.52 bits per heavy atom. The zero-order valence-corrected chi connectivity index (χ0v) is 13.5. The molecule has 5 N–H and O–H groups in total. The van der Waals surface area contributed by atoms with Crippen LogP contribution in [0.15, 0.2) is 46.1 Å². The summed E-state index contributed by atoms with van der Waals surface area (Å²) in [7, 11) is -4.03. The van der Waals surface area contributed by atoms with Crippen molar-refractivity contribution in [1.29, 1.82) is 0 Å². The number of imidazole rings is 1. The average Bonchev–Trinajstić information content (AvgIpc) is 2.91. The molecule has 10 nitrogen and oxygen atoms in total. The van der Waals surface area contributed by atoms with Crippen molar-refractivity contribution >= 4 is 32.4 Å². The van der Waals surface area contributed by atoms with Crippen LogP contribution in [0.2, 0.25) is 0 Å². The van der Waals surface area contributed by atoms with Gasteiger partial charge in [-0.25, -0.2) is 18.4 Å². The zero-order chi connectivity index (χ0) is 18.2. The molecular weight excluding hydrogens is 350 g/mol. The van der Waals surface area contributed by atoms with Crippen molar-refractivity contribution in [3.63, 3.8) is 0 Å². The number of fused-ring (bicyclic) bond motifs is 1. The Balaban J connectivity index is 1.88. The summed E-state index contributed by atoms with van der Waals surface area (Å²) in [5.74, 6) is 0. The Bertz CT molecular complexity index is 1130. The molecular formula is C14H13N5O5S. The van der Waals surface area contributed by atoms with E-state index in [1.165, 1.54) is 12.1 Å². The molecule has 11 heteroatoms. The predicted molar refractivity (Wildman–Crippen MR) is 90.7 cm³/mol. The fourth-order valence-electron chi connectivity index (χ4n) is 2.38. The number of nitrogens with two attached hydrogens (primary N) is 1. The summed E-state index contributed by atoms with van der Waals surface area (Å²) in [6.45, 7) is 0.235. The Kier molecular flexibility index (Phi) is 4.02. The van der Waals surface area contributed by atoms with Crippen molar-refractivity contribution in [3.05, 3.63) is 62.6 Å². The van der Waals surface area contributed by atoms with Crippen LogP contribution in [0.5, 0.6) is 0 Å². The summed E-state index contributed by atoms with van der Waals surface area (Å²) >= 11 is 0. The number of primary sulfonamides is 1. The standard InChI is InChI=1S/C14H13N5O5S/c15-25(23,24)9-2-4-11(13(6-9)19(21)22)16-7-8-1-3-10-12(5-8)18-14(20)17-10/h1-6,16H,7H2,(H2,15,23,24)(H2,17,18,20). The van der Waals surface area contributed by atoms with Crippen molar-refractivity contribution in [2.75, 3.05) is 5.32 Å². The minimum Gasteiger partial charge on any atom is -0.375 e. The van der Waals surface area contributed by atoms with Crippen LogP contribution in [0.1, 0.15) is 5.56 Å². The van der Waals surface area contributed by atoms with Crippen LogP contribution in [0.25, 0.3) is 11.0 Å². The molecule has 0 aliphatic heterocycles. The fourth-order valence-corrected chi connectivity index (χ4v) is 2.91. The maximum Gasteiger partial charge on any atom is 0.323 e. The minimum absolute atomic E-state index is 0.153. The van der Waals surface area contributed by atoms with Gasteiger partial charge in [-0.15, -0.1) is 0 Å². The number of aromatic nitrogens is 2. The molecule has 1 aromatic heterocycles. The van der Waals surface area contributed by atoms with Gasteiger partial charge in [0.05, 0.1) is 20.9 Å². The number of benzene rings is 2. The van der Waals surface area contributed by atoms with Crippen LogP contribution in [-0.2, 0) is 16.6 Å². The average molecular weight is 363 g/mol. The second-order valence-electron chi connectivity index (χ2n) is 5.29. The van der Waals surface area contributed by atoms with E-state index in [-0.39, 0.29) is 22.8 Å². The lowest BCUT2D eigenvalue weighted by atomic mass is 10.2. The molecule has 0 fully saturated rings. The summed E-state index contributed by atoms with van der Waals surface area (Å²) in [6.07, 6.45) is 0. The highest BCUT2D eigenvalue weighted by Crippen LogP contribution is 2.27. The Hall–Kier alpha value is -3.18.